The first kappa shape index (κ1) is 11.2. The molecule has 3 heterocycles. The zero-order chi connectivity index (χ0) is 12.5. The second-order valence-electron chi connectivity index (χ2n) is 4.30. The van der Waals surface area contributed by atoms with Crippen molar-refractivity contribution in [3.63, 3.8) is 0 Å². The zero-order valence-electron chi connectivity index (χ0n) is 10.2. The molecule has 2 aromatic rings. The number of aromatic nitrogens is 3. The molecule has 0 radical (unpaired) electrons. The number of carbonyl (C=O) groups is 1. The monoisotopic (exact) mass is 246 g/mol. The van der Waals surface area contributed by atoms with Crippen LogP contribution in [-0.4, -0.2) is 51.5 Å². The lowest BCUT2D eigenvalue weighted by Crippen LogP contribution is -2.41. The molecule has 0 bridgehead atoms. The third kappa shape index (κ3) is 1.84. The Morgan fingerprint density at radius 2 is 2.06 bits per heavy atom. The first-order valence-corrected chi connectivity index (χ1v) is 5.92. The molecule has 1 aliphatic rings. The lowest BCUT2D eigenvalue weighted by molar-refractivity contribution is 0.0298. The minimum Gasteiger partial charge on any atom is -0.378 e. The highest BCUT2D eigenvalue weighted by Gasteiger charge is 2.21. The summed E-state index contributed by atoms with van der Waals surface area (Å²) in [6, 6.07) is 0. The van der Waals surface area contributed by atoms with Crippen molar-refractivity contribution >= 4 is 11.6 Å². The average molecular weight is 246 g/mol. The van der Waals surface area contributed by atoms with Crippen molar-refractivity contribution < 1.29 is 9.53 Å². The number of amides is 1. The van der Waals surface area contributed by atoms with E-state index in [-0.39, 0.29) is 5.91 Å². The SMILES string of the molecule is Cc1cn2c(C(=O)N3CCOCC3)cnc2cn1. The van der Waals surface area contributed by atoms with E-state index in [1.165, 1.54) is 0 Å². The van der Waals surface area contributed by atoms with E-state index in [0.717, 1.165) is 5.69 Å². The number of carbonyl (C=O) groups excluding carboxylic acids is 1. The number of rotatable bonds is 1. The summed E-state index contributed by atoms with van der Waals surface area (Å²) in [5.41, 5.74) is 2.13. The normalized spacial score (nSPS) is 16.2. The van der Waals surface area contributed by atoms with Gasteiger partial charge in [-0.25, -0.2) is 4.98 Å². The molecule has 18 heavy (non-hydrogen) atoms. The summed E-state index contributed by atoms with van der Waals surface area (Å²) in [4.78, 5) is 22.5. The Morgan fingerprint density at radius 1 is 1.28 bits per heavy atom. The minimum atomic E-state index is -0.00333. The maximum Gasteiger partial charge on any atom is 0.272 e. The Balaban J connectivity index is 1.98. The largest absolute Gasteiger partial charge is 0.378 e. The summed E-state index contributed by atoms with van der Waals surface area (Å²) in [6.07, 6.45) is 5.11. The Morgan fingerprint density at radius 3 is 2.83 bits per heavy atom. The summed E-state index contributed by atoms with van der Waals surface area (Å²) >= 11 is 0. The molecule has 0 unspecified atom stereocenters. The fraction of sp³-hybridized carbons (Fsp3) is 0.417. The number of fused-ring (bicyclic) bond motifs is 1. The van der Waals surface area contributed by atoms with Crippen LogP contribution in [-0.2, 0) is 4.74 Å². The first-order valence-electron chi connectivity index (χ1n) is 5.92. The lowest BCUT2D eigenvalue weighted by Gasteiger charge is -2.26. The Kier molecular flexibility index (Phi) is 2.71. The zero-order valence-corrected chi connectivity index (χ0v) is 10.2. The van der Waals surface area contributed by atoms with Crippen molar-refractivity contribution in [2.45, 2.75) is 6.92 Å². The van der Waals surface area contributed by atoms with Crippen LogP contribution < -0.4 is 0 Å². The van der Waals surface area contributed by atoms with Crippen molar-refractivity contribution in [2.24, 2.45) is 0 Å². The van der Waals surface area contributed by atoms with E-state index in [0.29, 0.717) is 37.6 Å². The fourth-order valence-electron chi connectivity index (χ4n) is 2.07. The van der Waals surface area contributed by atoms with Crippen molar-refractivity contribution in [1.29, 1.82) is 0 Å². The third-order valence-corrected chi connectivity index (χ3v) is 3.04. The predicted octanol–water partition coefficient (Wildman–Crippen LogP) is 0.510. The van der Waals surface area contributed by atoms with Gasteiger partial charge in [-0.2, -0.15) is 0 Å². The van der Waals surface area contributed by atoms with Crippen molar-refractivity contribution in [2.75, 3.05) is 26.3 Å². The average Bonchev–Trinajstić information content (AvgIpc) is 2.82. The van der Waals surface area contributed by atoms with E-state index in [1.54, 1.807) is 21.7 Å². The smallest absolute Gasteiger partial charge is 0.272 e. The van der Waals surface area contributed by atoms with Crippen molar-refractivity contribution in [3.05, 3.63) is 30.0 Å². The molecule has 3 rings (SSSR count). The van der Waals surface area contributed by atoms with Crippen molar-refractivity contribution in [3.8, 4) is 0 Å². The van der Waals surface area contributed by atoms with Crippen LogP contribution in [0.15, 0.2) is 18.6 Å². The summed E-state index contributed by atoms with van der Waals surface area (Å²) in [7, 11) is 0. The number of hydrogen-bond acceptors (Lipinski definition) is 4. The lowest BCUT2D eigenvalue weighted by atomic mass is 10.3. The van der Waals surface area contributed by atoms with Crippen molar-refractivity contribution in [1.82, 2.24) is 19.3 Å². The molecule has 94 valence electrons. The van der Waals surface area contributed by atoms with Gasteiger partial charge < -0.3 is 9.64 Å². The second kappa shape index (κ2) is 4.38. The van der Waals surface area contributed by atoms with Crippen LogP contribution in [0.2, 0.25) is 0 Å². The maximum atomic E-state index is 12.4. The molecule has 0 spiro atoms. The van der Waals surface area contributed by atoms with Gasteiger partial charge in [-0.1, -0.05) is 0 Å². The van der Waals surface area contributed by atoms with Gasteiger partial charge in [0.15, 0.2) is 5.65 Å². The summed E-state index contributed by atoms with van der Waals surface area (Å²) < 4.78 is 7.04. The van der Waals surface area contributed by atoms with Crippen LogP contribution >= 0.6 is 0 Å². The minimum absolute atomic E-state index is 0.00333. The number of hydrogen-bond donors (Lipinski definition) is 0. The summed E-state index contributed by atoms with van der Waals surface area (Å²) in [5.74, 6) is -0.00333. The second-order valence-corrected chi connectivity index (χ2v) is 4.30. The van der Waals surface area contributed by atoms with Gasteiger partial charge in [-0.15, -0.1) is 0 Å². The van der Waals surface area contributed by atoms with Crippen LogP contribution in [0.1, 0.15) is 16.2 Å². The molecule has 0 atom stereocenters. The van der Waals surface area contributed by atoms with Gasteiger partial charge in [-0.3, -0.25) is 14.2 Å². The molecule has 0 saturated carbocycles. The van der Waals surface area contributed by atoms with Gasteiger partial charge in [0.25, 0.3) is 5.91 Å². The van der Waals surface area contributed by atoms with Gasteiger partial charge >= 0.3 is 0 Å². The Bertz CT molecular complexity index is 587. The highest BCUT2D eigenvalue weighted by atomic mass is 16.5. The number of imidazole rings is 1. The van der Waals surface area contributed by atoms with Gasteiger partial charge in [0.1, 0.15) is 5.69 Å². The van der Waals surface area contributed by atoms with Gasteiger partial charge in [0.05, 0.1) is 31.3 Å². The van der Waals surface area contributed by atoms with E-state index < -0.39 is 0 Å². The molecule has 1 aliphatic heterocycles. The molecule has 1 saturated heterocycles. The van der Waals surface area contributed by atoms with Crippen LogP contribution in [0, 0.1) is 6.92 Å². The fourth-order valence-corrected chi connectivity index (χ4v) is 2.07. The van der Waals surface area contributed by atoms with Gasteiger partial charge in [-0.05, 0) is 6.92 Å². The molecule has 0 N–H and O–H groups in total. The number of ether oxygens (including phenoxy) is 1. The molecule has 2 aromatic heterocycles. The Labute approximate surface area is 104 Å². The molecular weight excluding hydrogens is 232 g/mol. The number of aryl methyl sites for hydroxylation is 1. The third-order valence-electron chi connectivity index (χ3n) is 3.04. The molecule has 1 fully saturated rings. The summed E-state index contributed by atoms with van der Waals surface area (Å²) in [5, 5.41) is 0. The highest BCUT2D eigenvalue weighted by molar-refractivity contribution is 5.93. The molecule has 6 heteroatoms. The van der Waals surface area contributed by atoms with E-state index in [2.05, 4.69) is 9.97 Å². The van der Waals surface area contributed by atoms with E-state index in [4.69, 9.17) is 4.74 Å². The topological polar surface area (TPSA) is 59.7 Å². The van der Waals surface area contributed by atoms with Crippen LogP contribution in [0.5, 0.6) is 0 Å². The predicted molar refractivity (Wildman–Crippen MR) is 64.4 cm³/mol. The van der Waals surface area contributed by atoms with Crippen LogP contribution in [0.25, 0.3) is 5.65 Å². The van der Waals surface area contributed by atoms with E-state index >= 15 is 0 Å². The number of nitrogens with zero attached hydrogens (tertiary/aromatic N) is 4. The van der Waals surface area contributed by atoms with Gasteiger partial charge in [0.2, 0.25) is 0 Å². The van der Waals surface area contributed by atoms with E-state index in [9.17, 15) is 4.79 Å². The Hall–Kier alpha value is -1.95. The molecule has 0 aliphatic carbocycles. The summed E-state index contributed by atoms with van der Waals surface area (Å²) in [6.45, 7) is 4.36. The molecule has 0 aromatic carbocycles. The quantitative estimate of drug-likeness (QED) is 0.735. The molecule has 6 nitrogen and oxygen atoms in total. The standard InChI is InChI=1S/C12H14N4O2/c1-9-8-16-10(6-14-11(16)7-13-9)12(17)15-2-4-18-5-3-15/h6-8H,2-5H2,1H3. The highest BCUT2D eigenvalue weighted by Crippen LogP contribution is 2.10. The maximum absolute atomic E-state index is 12.4. The first-order chi connectivity index (χ1) is 8.75. The molecular formula is C12H14N4O2. The molecule has 1 amide bonds. The van der Waals surface area contributed by atoms with Crippen LogP contribution in [0.3, 0.4) is 0 Å². The number of morpholine rings is 1. The van der Waals surface area contributed by atoms with E-state index in [1.807, 2.05) is 13.1 Å². The van der Waals surface area contributed by atoms with Gasteiger partial charge in [0, 0.05) is 19.3 Å². The van der Waals surface area contributed by atoms with Crippen LogP contribution in [0.4, 0.5) is 0 Å².